The normalized spacial score (nSPS) is 20.1. The number of nitrogens with zero attached hydrogens (tertiary/aromatic N) is 1. The predicted molar refractivity (Wildman–Crippen MR) is 72.3 cm³/mol. The lowest BCUT2D eigenvalue weighted by atomic mass is 10.0. The summed E-state index contributed by atoms with van der Waals surface area (Å²) in [5, 5.41) is 0. The van der Waals surface area contributed by atoms with Crippen molar-refractivity contribution in [1.29, 1.82) is 0 Å². The van der Waals surface area contributed by atoms with Crippen LogP contribution in [0.25, 0.3) is 0 Å². The van der Waals surface area contributed by atoms with Gasteiger partial charge in [-0.25, -0.2) is 0 Å². The second-order valence-corrected chi connectivity index (χ2v) is 5.70. The van der Waals surface area contributed by atoms with E-state index < -0.39 is 17.6 Å². The first-order valence-corrected chi connectivity index (χ1v) is 7.00. The van der Waals surface area contributed by atoms with Gasteiger partial charge in [-0.3, -0.25) is 4.79 Å². The van der Waals surface area contributed by atoms with E-state index in [0.717, 1.165) is 18.9 Å². The van der Waals surface area contributed by atoms with E-state index in [4.69, 9.17) is 5.73 Å². The van der Waals surface area contributed by atoms with Crippen molar-refractivity contribution in [2.24, 2.45) is 5.73 Å². The Morgan fingerprint density at radius 3 is 2.70 bits per heavy atom. The summed E-state index contributed by atoms with van der Waals surface area (Å²) < 4.78 is 38.4. The quantitative estimate of drug-likeness (QED) is 0.846. The van der Waals surface area contributed by atoms with Gasteiger partial charge in [-0.05, 0) is 31.0 Å². The highest BCUT2D eigenvalue weighted by molar-refractivity contribution is 9.10. The Morgan fingerprint density at radius 1 is 1.40 bits per heavy atom. The number of hydrogen-bond acceptors (Lipinski definition) is 2. The van der Waals surface area contributed by atoms with Crippen molar-refractivity contribution in [2.75, 3.05) is 13.1 Å². The topological polar surface area (TPSA) is 46.3 Å². The van der Waals surface area contributed by atoms with Crippen molar-refractivity contribution in [3.05, 3.63) is 33.8 Å². The van der Waals surface area contributed by atoms with Gasteiger partial charge in [0, 0.05) is 29.2 Å². The van der Waals surface area contributed by atoms with Gasteiger partial charge in [-0.15, -0.1) is 0 Å². The number of amides is 1. The van der Waals surface area contributed by atoms with E-state index in [0.29, 0.717) is 13.1 Å². The summed E-state index contributed by atoms with van der Waals surface area (Å²) in [7, 11) is 0. The van der Waals surface area contributed by atoms with Gasteiger partial charge in [0.15, 0.2) is 0 Å². The predicted octanol–water partition coefficient (Wildman–Crippen LogP) is 3.03. The number of benzene rings is 1. The van der Waals surface area contributed by atoms with E-state index in [9.17, 15) is 18.0 Å². The third-order valence-corrected chi connectivity index (χ3v) is 3.96. The Morgan fingerprint density at radius 2 is 2.10 bits per heavy atom. The lowest BCUT2D eigenvalue weighted by Crippen LogP contribution is -2.45. The molecule has 1 aliphatic heterocycles. The molecular formula is C13H14BrF3N2O. The summed E-state index contributed by atoms with van der Waals surface area (Å²) in [4.78, 5) is 13.7. The van der Waals surface area contributed by atoms with Gasteiger partial charge in [-0.2, -0.15) is 13.2 Å². The summed E-state index contributed by atoms with van der Waals surface area (Å²) in [5.74, 6) is -0.404. The van der Waals surface area contributed by atoms with Crippen LogP contribution in [0.5, 0.6) is 0 Å². The Bertz CT molecular complexity index is 519. The number of hydrogen-bond donors (Lipinski definition) is 1. The molecule has 0 radical (unpaired) electrons. The molecule has 1 unspecified atom stereocenters. The largest absolute Gasteiger partial charge is 0.417 e. The fraction of sp³-hybridized carbons (Fsp3) is 0.462. The van der Waals surface area contributed by atoms with Crippen molar-refractivity contribution in [1.82, 2.24) is 4.90 Å². The van der Waals surface area contributed by atoms with E-state index in [1.165, 1.54) is 17.0 Å². The first-order valence-electron chi connectivity index (χ1n) is 6.20. The Balaban J connectivity index is 2.26. The van der Waals surface area contributed by atoms with Crippen LogP contribution in [0.3, 0.4) is 0 Å². The first-order chi connectivity index (χ1) is 9.29. The SMILES string of the molecule is NC1CCCN(C(=O)c2ccc(Br)c(C(F)(F)F)c2)C1. The first kappa shape index (κ1) is 15.3. The van der Waals surface area contributed by atoms with Crippen LogP contribution in [0.1, 0.15) is 28.8 Å². The highest BCUT2D eigenvalue weighted by atomic mass is 79.9. The minimum Gasteiger partial charge on any atom is -0.337 e. The second kappa shape index (κ2) is 5.73. The minimum absolute atomic E-state index is 0.0367. The number of nitrogens with two attached hydrogens (primary N) is 1. The van der Waals surface area contributed by atoms with Crippen LogP contribution in [-0.4, -0.2) is 29.9 Å². The van der Waals surface area contributed by atoms with E-state index >= 15 is 0 Å². The van der Waals surface area contributed by atoms with Crippen molar-refractivity contribution < 1.29 is 18.0 Å². The monoisotopic (exact) mass is 350 g/mol. The molecule has 2 rings (SSSR count). The van der Waals surface area contributed by atoms with Gasteiger partial charge in [-0.1, -0.05) is 15.9 Å². The molecule has 2 N–H and O–H groups in total. The minimum atomic E-state index is -4.49. The second-order valence-electron chi connectivity index (χ2n) is 4.85. The van der Waals surface area contributed by atoms with Crippen molar-refractivity contribution in [3.8, 4) is 0 Å². The Labute approximate surface area is 123 Å². The lowest BCUT2D eigenvalue weighted by Gasteiger charge is -2.31. The summed E-state index contributed by atoms with van der Waals surface area (Å²) >= 11 is 2.86. The summed E-state index contributed by atoms with van der Waals surface area (Å²) in [5.41, 5.74) is 4.98. The molecule has 1 aromatic carbocycles. The van der Waals surface area contributed by atoms with E-state index in [1.807, 2.05) is 0 Å². The average Bonchev–Trinajstić information content (AvgIpc) is 2.37. The number of carbonyl (C=O) groups excluding carboxylic acids is 1. The summed E-state index contributed by atoms with van der Waals surface area (Å²) in [6.07, 6.45) is -2.89. The number of likely N-dealkylation sites (tertiary alicyclic amines) is 1. The van der Waals surface area contributed by atoms with Gasteiger partial charge in [0.25, 0.3) is 5.91 Å². The Hall–Kier alpha value is -1.08. The number of alkyl halides is 3. The van der Waals surface area contributed by atoms with Crippen molar-refractivity contribution in [2.45, 2.75) is 25.1 Å². The number of halogens is 4. The molecule has 1 saturated heterocycles. The molecule has 20 heavy (non-hydrogen) atoms. The molecule has 0 saturated carbocycles. The maximum atomic E-state index is 12.8. The average molecular weight is 351 g/mol. The summed E-state index contributed by atoms with van der Waals surface area (Å²) in [6, 6.07) is 3.42. The van der Waals surface area contributed by atoms with Gasteiger partial charge >= 0.3 is 6.18 Å². The maximum absolute atomic E-state index is 12.8. The fourth-order valence-electron chi connectivity index (χ4n) is 2.25. The molecule has 0 aromatic heterocycles. The standard InChI is InChI=1S/C13H14BrF3N2O/c14-11-4-3-8(6-10(11)13(15,16)17)12(20)19-5-1-2-9(18)7-19/h3-4,6,9H,1-2,5,7,18H2. The molecular weight excluding hydrogens is 337 g/mol. The zero-order chi connectivity index (χ0) is 14.9. The third kappa shape index (κ3) is 3.32. The van der Waals surface area contributed by atoms with Gasteiger partial charge in [0.1, 0.15) is 0 Å². The molecule has 1 heterocycles. The molecule has 0 spiro atoms. The molecule has 1 aromatic rings. The molecule has 7 heteroatoms. The lowest BCUT2D eigenvalue weighted by molar-refractivity contribution is -0.138. The van der Waals surface area contributed by atoms with Crippen molar-refractivity contribution in [3.63, 3.8) is 0 Å². The molecule has 0 bridgehead atoms. The van der Waals surface area contributed by atoms with E-state index in [2.05, 4.69) is 15.9 Å². The number of rotatable bonds is 1. The van der Waals surface area contributed by atoms with Crippen LogP contribution in [-0.2, 0) is 6.18 Å². The van der Waals surface area contributed by atoms with Crippen LogP contribution >= 0.6 is 15.9 Å². The smallest absolute Gasteiger partial charge is 0.337 e. The van der Waals surface area contributed by atoms with E-state index in [-0.39, 0.29) is 16.1 Å². The third-order valence-electron chi connectivity index (χ3n) is 3.26. The van der Waals surface area contributed by atoms with Gasteiger partial charge < -0.3 is 10.6 Å². The molecule has 0 aliphatic carbocycles. The van der Waals surface area contributed by atoms with E-state index in [1.54, 1.807) is 0 Å². The summed E-state index contributed by atoms with van der Waals surface area (Å²) in [6.45, 7) is 0.917. The molecule has 1 fully saturated rings. The van der Waals surface area contributed by atoms with Crippen molar-refractivity contribution >= 4 is 21.8 Å². The zero-order valence-electron chi connectivity index (χ0n) is 10.6. The van der Waals surface area contributed by atoms with Crippen LogP contribution in [0.2, 0.25) is 0 Å². The fourth-order valence-corrected chi connectivity index (χ4v) is 2.72. The van der Waals surface area contributed by atoms with Crippen LogP contribution < -0.4 is 5.73 Å². The zero-order valence-corrected chi connectivity index (χ0v) is 12.2. The van der Waals surface area contributed by atoms with Gasteiger partial charge in [0.2, 0.25) is 0 Å². The number of carbonyl (C=O) groups is 1. The molecule has 1 aliphatic rings. The van der Waals surface area contributed by atoms with Gasteiger partial charge in [0.05, 0.1) is 5.56 Å². The van der Waals surface area contributed by atoms with Crippen LogP contribution in [0.4, 0.5) is 13.2 Å². The molecule has 1 amide bonds. The van der Waals surface area contributed by atoms with Crippen LogP contribution in [0, 0.1) is 0 Å². The highest BCUT2D eigenvalue weighted by Crippen LogP contribution is 2.35. The highest BCUT2D eigenvalue weighted by Gasteiger charge is 2.34. The Kier molecular flexibility index (Phi) is 4.39. The maximum Gasteiger partial charge on any atom is 0.417 e. The van der Waals surface area contributed by atoms with Crippen LogP contribution in [0.15, 0.2) is 22.7 Å². The number of piperidine rings is 1. The molecule has 110 valence electrons. The molecule has 1 atom stereocenters. The molecule has 3 nitrogen and oxygen atoms in total.